The van der Waals surface area contributed by atoms with Crippen molar-refractivity contribution in [2.24, 2.45) is 0 Å². The van der Waals surface area contributed by atoms with Gasteiger partial charge in [-0.25, -0.2) is 27.4 Å². The predicted octanol–water partition coefficient (Wildman–Crippen LogP) is 3.91. The Labute approximate surface area is 231 Å². The maximum atomic E-state index is 12.7. The van der Waals surface area contributed by atoms with Gasteiger partial charge in [0.15, 0.2) is 15.5 Å². The standard InChI is InChI=1S/C27H29N7O5S/c1-27(2,3)39-26(35)32(4)16-21-18-14-29-20(19-15-30-33-11-7-10-28-25(19)33)13-22(18)34(31-21)23-12-17(40(6,36)37)8-9-24(23)38-5/h7-15H,16H2,1-6H3. The third kappa shape index (κ3) is 5.19. The fourth-order valence-corrected chi connectivity index (χ4v) is 4.86. The van der Waals surface area contributed by atoms with E-state index in [9.17, 15) is 13.2 Å². The van der Waals surface area contributed by atoms with E-state index in [4.69, 9.17) is 14.6 Å². The first kappa shape index (κ1) is 27.1. The van der Waals surface area contributed by atoms with Crippen LogP contribution in [0.3, 0.4) is 0 Å². The van der Waals surface area contributed by atoms with E-state index in [0.717, 1.165) is 6.26 Å². The molecule has 0 spiro atoms. The normalized spacial score (nSPS) is 12.2. The SMILES string of the molecule is COc1ccc(S(C)(=O)=O)cc1-n1nc(CN(C)C(=O)OC(C)(C)C)c2cnc(-c3cnn4cccnc34)cc21. The highest BCUT2D eigenvalue weighted by Crippen LogP contribution is 2.33. The summed E-state index contributed by atoms with van der Waals surface area (Å²) in [6.45, 7) is 5.51. The van der Waals surface area contributed by atoms with Gasteiger partial charge in [-0.1, -0.05) is 0 Å². The Kier molecular flexibility index (Phi) is 6.70. The molecule has 0 fully saturated rings. The Balaban J connectivity index is 1.70. The van der Waals surface area contributed by atoms with Crippen LogP contribution in [0.25, 0.3) is 33.5 Å². The molecule has 0 saturated heterocycles. The van der Waals surface area contributed by atoms with E-state index in [1.54, 1.807) is 73.9 Å². The summed E-state index contributed by atoms with van der Waals surface area (Å²) in [5.41, 5.74) is 2.83. The van der Waals surface area contributed by atoms with E-state index in [1.165, 1.54) is 24.1 Å². The highest BCUT2D eigenvalue weighted by atomic mass is 32.2. The summed E-state index contributed by atoms with van der Waals surface area (Å²) in [4.78, 5) is 23.3. The molecule has 0 aliphatic rings. The highest BCUT2D eigenvalue weighted by molar-refractivity contribution is 7.90. The lowest BCUT2D eigenvalue weighted by atomic mass is 10.1. The topological polar surface area (TPSA) is 134 Å². The van der Waals surface area contributed by atoms with Gasteiger partial charge in [0.1, 0.15) is 17.0 Å². The molecule has 0 radical (unpaired) electrons. The minimum atomic E-state index is -3.52. The average Bonchev–Trinajstić information content (AvgIpc) is 3.48. The van der Waals surface area contributed by atoms with Crippen molar-refractivity contribution in [1.82, 2.24) is 34.3 Å². The Morgan fingerprint density at radius 3 is 2.60 bits per heavy atom. The largest absolute Gasteiger partial charge is 0.494 e. The molecule has 13 heteroatoms. The number of carbonyl (C=O) groups is 1. The van der Waals surface area contributed by atoms with Gasteiger partial charge in [-0.15, -0.1) is 0 Å². The number of benzene rings is 1. The van der Waals surface area contributed by atoms with Crippen LogP contribution in [0, 0.1) is 0 Å². The fourth-order valence-electron chi connectivity index (χ4n) is 4.22. The molecule has 0 aliphatic carbocycles. The lowest BCUT2D eigenvalue weighted by Crippen LogP contribution is -2.34. The third-order valence-electron chi connectivity index (χ3n) is 6.10. The van der Waals surface area contributed by atoms with Crippen molar-refractivity contribution in [2.75, 3.05) is 20.4 Å². The summed E-state index contributed by atoms with van der Waals surface area (Å²) < 4.78 is 39.1. The molecule has 5 aromatic rings. The molecule has 0 saturated carbocycles. The number of aromatic nitrogens is 6. The van der Waals surface area contributed by atoms with Crippen LogP contribution >= 0.6 is 0 Å². The first-order valence-electron chi connectivity index (χ1n) is 12.3. The van der Waals surface area contributed by atoms with Gasteiger partial charge in [-0.3, -0.25) is 4.98 Å². The Morgan fingerprint density at radius 2 is 1.90 bits per heavy atom. The molecule has 5 rings (SSSR count). The predicted molar refractivity (Wildman–Crippen MR) is 148 cm³/mol. The number of fused-ring (bicyclic) bond motifs is 2. The van der Waals surface area contributed by atoms with Crippen LogP contribution in [0.4, 0.5) is 4.79 Å². The number of rotatable bonds is 6. The zero-order chi connectivity index (χ0) is 28.8. The quantitative estimate of drug-likeness (QED) is 0.301. The van der Waals surface area contributed by atoms with Gasteiger partial charge < -0.3 is 14.4 Å². The molecule has 0 unspecified atom stereocenters. The van der Waals surface area contributed by atoms with Crippen molar-refractivity contribution < 1.29 is 22.7 Å². The van der Waals surface area contributed by atoms with Crippen LogP contribution in [0.1, 0.15) is 26.5 Å². The summed E-state index contributed by atoms with van der Waals surface area (Å²) in [7, 11) is -0.397. The van der Waals surface area contributed by atoms with E-state index in [2.05, 4.69) is 15.1 Å². The maximum Gasteiger partial charge on any atom is 0.410 e. The molecule has 0 N–H and O–H groups in total. The number of hydrogen-bond acceptors (Lipinski definition) is 9. The number of pyridine rings is 1. The summed E-state index contributed by atoms with van der Waals surface area (Å²) in [6, 6.07) is 8.20. The Hall–Kier alpha value is -4.52. The van der Waals surface area contributed by atoms with Gasteiger partial charge in [0.05, 0.1) is 47.2 Å². The lowest BCUT2D eigenvalue weighted by Gasteiger charge is -2.24. The van der Waals surface area contributed by atoms with Crippen molar-refractivity contribution in [1.29, 1.82) is 0 Å². The monoisotopic (exact) mass is 563 g/mol. The van der Waals surface area contributed by atoms with Crippen LogP contribution in [0.5, 0.6) is 5.75 Å². The second-order valence-electron chi connectivity index (χ2n) is 10.3. The van der Waals surface area contributed by atoms with Crippen LogP contribution in [0.15, 0.2) is 60.0 Å². The van der Waals surface area contributed by atoms with Gasteiger partial charge in [0.2, 0.25) is 0 Å². The molecule has 40 heavy (non-hydrogen) atoms. The van der Waals surface area contributed by atoms with E-state index >= 15 is 0 Å². The molecule has 12 nitrogen and oxygen atoms in total. The van der Waals surface area contributed by atoms with Crippen LogP contribution < -0.4 is 4.74 Å². The number of ether oxygens (including phenoxy) is 2. The molecule has 4 heterocycles. The van der Waals surface area contributed by atoms with E-state index < -0.39 is 21.5 Å². The first-order chi connectivity index (χ1) is 18.9. The summed E-state index contributed by atoms with van der Waals surface area (Å²) in [5.74, 6) is 0.417. The number of methoxy groups -OCH3 is 1. The first-order valence-corrected chi connectivity index (χ1v) is 14.2. The second kappa shape index (κ2) is 9.90. The number of carbonyl (C=O) groups excluding carboxylic acids is 1. The van der Waals surface area contributed by atoms with Gasteiger partial charge in [0, 0.05) is 37.3 Å². The lowest BCUT2D eigenvalue weighted by molar-refractivity contribution is 0.0283. The molecular weight excluding hydrogens is 534 g/mol. The molecule has 208 valence electrons. The van der Waals surface area contributed by atoms with E-state index in [1.807, 2.05) is 6.07 Å². The molecule has 0 atom stereocenters. The van der Waals surface area contributed by atoms with Gasteiger partial charge in [0.25, 0.3) is 0 Å². The van der Waals surface area contributed by atoms with Crippen molar-refractivity contribution in [3.63, 3.8) is 0 Å². The number of nitrogens with zero attached hydrogens (tertiary/aromatic N) is 7. The average molecular weight is 564 g/mol. The summed E-state index contributed by atoms with van der Waals surface area (Å²) in [5, 5.41) is 9.84. The summed E-state index contributed by atoms with van der Waals surface area (Å²) in [6.07, 6.45) is 7.46. The maximum absolute atomic E-state index is 12.7. The van der Waals surface area contributed by atoms with Gasteiger partial charge >= 0.3 is 6.09 Å². The number of amides is 1. The molecule has 0 bridgehead atoms. The molecule has 1 aromatic carbocycles. The van der Waals surface area contributed by atoms with Crippen molar-refractivity contribution in [3.8, 4) is 22.7 Å². The Bertz CT molecular complexity index is 1850. The molecule has 1 amide bonds. The molecular formula is C27H29N7O5S. The zero-order valence-electron chi connectivity index (χ0n) is 23.0. The van der Waals surface area contributed by atoms with Crippen molar-refractivity contribution in [2.45, 2.75) is 37.8 Å². The minimum Gasteiger partial charge on any atom is -0.494 e. The minimum absolute atomic E-state index is 0.112. The van der Waals surface area contributed by atoms with Gasteiger partial charge in [-0.2, -0.15) is 10.2 Å². The van der Waals surface area contributed by atoms with Crippen LogP contribution in [-0.4, -0.2) is 74.8 Å². The highest BCUT2D eigenvalue weighted by Gasteiger charge is 2.24. The molecule has 0 aliphatic heterocycles. The fraction of sp³-hybridized carbons (Fsp3) is 0.296. The number of hydrogen-bond donors (Lipinski definition) is 0. The van der Waals surface area contributed by atoms with E-state index in [0.29, 0.717) is 44.9 Å². The van der Waals surface area contributed by atoms with E-state index in [-0.39, 0.29) is 11.4 Å². The van der Waals surface area contributed by atoms with Crippen LogP contribution in [-0.2, 0) is 21.1 Å². The number of sulfone groups is 1. The smallest absolute Gasteiger partial charge is 0.410 e. The van der Waals surface area contributed by atoms with Crippen molar-refractivity contribution in [3.05, 3.63) is 60.8 Å². The Morgan fingerprint density at radius 1 is 1.12 bits per heavy atom. The molecule has 4 aromatic heterocycles. The summed E-state index contributed by atoms with van der Waals surface area (Å²) >= 11 is 0. The van der Waals surface area contributed by atoms with Crippen molar-refractivity contribution >= 4 is 32.5 Å². The second-order valence-corrected chi connectivity index (χ2v) is 12.3. The zero-order valence-corrected chi connectivity index (χ0v) is 23.8. The van der Waals surface area contributed by atoms with Crippen LogP contribution in [0.2, 0.25) is 0 Å². The third-order valence-corrected chi connectivity index (χ3v) is 7.21. The van der Waals surface area contributed by atoms with Gasteiger partial charge in [-0.05, 0) is 51.1 Å².